The Morgan fingerprint density at radius 1 is 0.443 bits per heavy atom. The summed E-state index contributed by atoms with van der Waals surface area (Å²) in [6, 6.07) is 62.3. The lowest BCUT2D eigenvalue weighted by Gasteiger charge is -2.43. The van der Waals surface area contributed by atoms with Gasteiger partial charge in [-0.25, -0.2) is 0 Å². The third-order valence-corrected chi connectivity index (χ3v) is 16.3. The van der Waals surface area contributed by atoms with Gasteiger partial charge >= 0.3 is 0 Å². The zero-order valence-corrected chi connectivity index (χ0v) is 36.5. The van der Waals surface area contributed by atoms with E-state index in [0.29, 0.717) is 0 Å². The van der Waals surface area contributed by atoms with E-state index >= 15 is 0 Å². The van der Waals surface area contributed by atoms with Crippen LogP contribution in [0, 0.1) is 0 Å². The van der Waals surface area contributed by atoms with E-state index < -0.39 is 0 Å². The first-order valence-electron chi connectivity index (χ1n) is 22.4. The topological polar surface area (TPSA) is 3.24 Å². The lowest BCUT2D eigenvalue weighted by Crippen LogP contribution is -2.34. The van der Waals surface area contributed by atoms with Crippen molar-refractivity contribution in [3.8, 4) is 33.4 Å². The number of benzene rings is 8. The number of hydrogen-bond acceptors (Lipinski definition) is 2. The Morgan fingerprint density at radius 2 is 1.05 bits per heavy atom. The fraction of sp³-hybridized carbons (Fsp3) is 0.220. The maximum Gasteiger partial charge on any atom is 0.0640 e. The van der Waals surface area contributed by atoms with Crippen LogP contribution >= 0.6 is 11.3 Å². The number of thiophene rings is 1. The predicted octanol–water partition coefficient (Wildman–Crippen LogP) is 17.2. The van der Waals surface area contributed by atoms with E-state index in [1.807, 2.05) is 11.3 Å². The summed E-state index contributed by atoms with van der Waals surface area (Å²) in [6.07, 6.45) is 7.52. The second-order valence-corrected chi connectivity index (χ2v) is 20.5. The molecule has 2 heteroatoms. The molecule has 0 bridgehead atoms. The molecule has 12 rings (SSSR count). The summed E-state index contributed by atoms with van der Waals surface area (Å²) in [5.41, 5.74) is 18.4. The van der Waals surface area contributed by atoms with Gasteiger partial charge in [-0.05, 0) is 134 Å². The molecular weight excluding hydrogens is 755 g/mol. The predicted molar refractivity (Wildman–Crippen MR) is 262 cm³/mol. The quantitative estimate of drug-likeness (QED) is 0.167. The number of hydrogen-bond donors (Lipinski definition) is 0. The van der Waals surface area contributed by atoms with Crippen LogP contribution < -0.4 is 4.90 Å². The molecule has 1 saturated carbocycles. The molecule has 0 N–H and O–H groups in total. The molecule has 1 fully saturated rings. The van der Waals surface area contributed by atoms with Gasteiger partial charge in [0.1, 0.15) is 0 Å². The largest absolute Gasteiger partial charge is 0.308 e. The molecule has 0 unspecified atom stereocenters. The van der Waals surface area contributed by atoms with Crippen LogP contribution in [0.25, 0.3) is 64.3 Å². The van der Waals surface area contributed by atoms with Crippen LogP contribution in [0.5, 0.6) is 0 Å². The second kappa shape index (κ2) is 13.5. The van der Waals surface area contributed by atoms with Gasteiger partial charge in [0.2, 0.25) is 0 Å². The lowest BCUT2D eigenvalue weighted by molar-refractivity contribution is 0.331. The van der Waals surface area contributed by atoms with Gasteiger partial charge in [0, 0.05) is 32.1 Å². The minimum Gasteiger partial charge on any atom is -0.308 e. The highest BCUT2D eigenvalue weighted by molar-refractivity contribution is 7.26. The van der Waals surface area contributed by atoms with E-state index in [2.05, 4.69) is 196 Å². The molecule has 0 atom stereocenters. The number of fused-ring (bicyclic) bond motifs is 10. The van der Waals surface area contributed by atoms with E-state index in [1.54, 1.807) is 22.3 Å². The molecule has 8 aromatic carbocycles. The molecule has 3 aliphatic carbocycles. The first kappa shape index (κ1) is 36.9. The van der Waals surface area contributed by atoms with Crippen LogP contribution in [-0.4, -0.2) is 0 Å². The van der Waals surface area contributed by atoms with Crippen molar-refractivity contribution >= 4 is 59.3 Å². The summed E-state index contributed by atoms with van der Waals surface area (Å²) in [5.74, 6) is 0. The van der Waals surface area contributed by atoms with Gasteiger partial charge in [0.25, 0.3) is 0 Å². The van der Waals surface area contributed by atoms with Crippen molar-refractivity contribution in [3.05, 3.63) is 186 Å². The third-order valence-electron chi connectivity index (χ3n) is 15.1. The fourth-order valence-corrected chi connectivity index (χ4v) is 13.0. The van der Waals surface area contributed by atoms with Crippen LogP contribution in [-0.2, 0) is 16.2 Å². The number of para-hydroxylation sites is 1. The van der Waals surface area contributed by atoms with Gasteiger partial charge in [-0.1, -0.05) is 168 Å². The molecule has 298 valence electrons. The Bertz CT molecular complexity index is 3210. The zero-order valence-electron chi connectivity index (χ0n) is 35.7. The average molecular weight is 806 g/mol. The average Bonchev–Trinajstić information content (AvgIpc) is 4.01. The molecule has 3 aliphatic rings. The Kier molecular flexibility index (Phi) is 8.17. The Labute approximate surface area is 364 Å². The summed E-state index contributed by atoms with van der Waals surface area (Å²) in [4.78, 5) is 2.50. The van der Waals surface area contributed by atoms with Crippen molar-refractivity contribution in [2.45, 2.75) is 82.5 Å². The normalized spacial score (nSPS) is 16.9. The van der Waals surface area contributed by atoms with Gasteiger partial charge in [0.05, 0.1) is 16.1 Å². The zero-order chi connectivity index (χ0) is 41.1. The Morgan fingerprint density at radius 3 is 1.85 bits per heavy atom. The van der Waals surface area contributed by atoms with Crippen LogP contribution in [0.3, 0.4) is 0 Å². The summed E-state index contributed by atoms with van der Waals surface area (Å²) < 4.78 is 2.61. The van der Waals surface area contributed by atoms with Crippen LogP contribution in [0.15, 0.2) is 164 Å². The van der Waals surface area contributed by atoms with E-state index in [0.717, 1.165) is 5.69 Å². The van der Waals surface area contributed by atoms with Gasteiger partial charge < -0.3 is 4.90 Å². The minimum atomic E-state index is 0.0766. The Hall–Kier alpha value is -5.96. The van der Waals surface area contributed by atoms with Crippen molar-refractivity contribution in [2.75, 3.05) is 4.90 Å². The van der Waals surface area contributed by atoms with Crippen LogP contribution in [0.1, 0.15) is 88.5 Å². The molecule has 1 spiro atoms. The lowest BCUT2D eigenvalue weighted by atomic mass is 9.61. The smallest absolute Gasteiger partial charge is 0.0640 e. The molecule has 0 amide bonds. The highest BCUT2D eigenvalue weighted by Crippen LogP contribution is 2.61. The standard InChI is InChI=1S/C59H51NS/c1-57(2)33-34-58(3,4)51-37-49-48(36-50(51)57)46-20-13-19-44(55(46)59(49)31-11-12-32-59)40-27-25-39(26-28-40)43-17-7-9-22-52(43)60(42-30-29-38-15-5-6-16-41(38)35-42)53-23-14-21-47-45-18-8-10-24-54(45)61-56(47)53/h5-10,13-30,35-37H,11-12,31-34H2,1-4H3. The first-order valence-corrected chi connectivity index (χ1v) is 23.2. The maximum absolute atomic E-state index is 2.70. The SMILES string of the molecule is CC1(C)CCC(C)(C)c2cc3c(cc21)-c1cccc(-c2ccc(-c4ccccc4N(c4ccc5ccccc5c4)c4cccc5c4sc4ccccc45)cc2)c1C31CCCC1. The molecule has 1 heterocycles. The van der Waals surface area contributed by atoms with Crippen LogP contribution in [0.4, 0.5) is 17.1 Å². The monoisotopic (exact) mass is 805 g/mol. The molecule has 0 saturated heterocycles. The molecular formula is C59H51NS. The minimum absolute atomic E-state index is 0.0766. The number of rotatable bonds is 5. The summed E-state index contributed by atoms with van der Waals surface area (Å²) in [5, 5.41) is 5.10. The number of anilines is 3. The number of nitrogens with zero attached hydrogens (tertiary/aromatic N) is 1. The fourth-order valence-electron chi connectivity index (χ4n) is 11.8. The van der Waals surface area contributed by atoms with Gasteiger partial charge in [-0.2, -0.15) is 0 Å². The summed E-state index contributed by atoms with van der Waals surface area (Å²) in [6.45, 7) is 9.90. The second-order valence-electron chi connectivity index (χ2n) is 19.4. The van der Waals surface area contributed by atoms with Crippen molar-refractivity contribution in [2.24, 2.45) is 0 Å². The van der Waals surface area contributed by atoms with Crippen molar-refractivity contribution in [1.82, 2.24) is 0 Å². The molecule has 0 aliphatic heterocycles. The molecule has 0 radical (unpaired) electrons. The summed E-state index contributed by atoms with van der Waals surface area (Å²) in [7, 11) is 0. The molecule has 9 aromatic rings. The van der Waals surface area contributed by atoms with Gasteiger partial charge in [-0.3, -0.25) is 0 Å². The summed E-state index contributed by atoms with van der Waals surface area (Å²) >= 11 is 1.89. The van der Waals surface area contributed by atoms with Gasteiger partial charge in [-0.15, -0.1) is 11.3 Å². The molecule has 61 heavy (non-hydrogen) atoms. The van der Waals surface area contributed by atoms with Crippen molar-refractivity contribution in [1.29, 1.82) is 0 Å². The van der Waals surface area contributed by atoms with Crippen LogP contribution in [0.2, 0.25) is 0 Å². The van der Waals surface area contributed by atoms with Gasteiger partial charge in [0.15, 0.2) is 0 Å². The van der Waals surface area contributed by atoms with E-state index in [4.69, 9.17) is 0 Å². The van der Waals surface area contributed by atoms with E-state index in [1.165, 1.54) is 114 Å². The highest BCUT2D eigenvalue weighted by atomic mass is 32.1. The highest BCUT2D eigenvalue weighted by Gasteiger charge is 2.49. The van der Waals surface area contributed by atoms with Crippen molar-refractivity contribution in [3.63, 3.8) is 0 Å². The van der Waals surface area contributed by atoms with Crippen molar-refractivity contribution < 1.29 is 0 Å². The molecule has 1 nitrogen and oxygen atoms in total. The molecule has 1 aromatic heterocycles. The Balaban J connectivity index is 0.999. The third kappa shape index (κ3) is 5.57. The van der Waals surface area contributed by atoms with E-state index in [9.17, 15) is 0 Å². The van der Waals surface area contributed by atoms with E-state index in [-0.39, 0.29) is 16.2 Å². The maximum atomic E-state index is 2.70. The first-order chi connectivity index (χ1) is 29.7.